The Balaban J connectivity index is 1.87. The third-order valence-electron chi connectivity index (χ3n) is 9.14. The van der Waals surface area contributed by atoms with E-state index in [9.17, 15) is 24.9 Å². The van der Waals surface area contributed by atoms with Gasteiger partial charge in [-0.1, -0.05) is 37.6 Å². The maximum absolute atomic E-state index is 13.4. The van der Waals surface area contributed by atoms with Gasteiger partial charge in [0, 0.05) is 23.7 Å². The van der Waals surface area contributed by atoms with Crippen molar-refractivity contribution in [2.75, 3.05) is 6.61 Å². The number of ether oxygens (including phenoxy) is 2. The van der Waals surface area contributed by atoms with Gasteiger partial charge >= 0.3 is 5.97 Å². The van der Waals surface area contributed by atoms with Gasteiger partial charge in [-0.15, -0.1) is 0 Å². The molecule has 4 rings (SSSR count). The van der Waals surface area contributed by atoms with Crippen molar-refractivity contribution in [3.63, 3.8) is 0 Å². The van der Waals surface area contributed by atoms with Crippen molar-refractivity contribution in [3.8, 4) is 0 Å². The summed E-state index contributed by atoms with van der Waals surface area (Å²) in [6, 6.07) is 8.55. The van der Waals surface area contributed by atoms with E-state index >= 15 is 0 Å². The Labute approximate surface area is 207 Å². The lowest BCUT2D eigenvalue weighted by Gasteiger charge is -2.61. The van der Waals surface area contributed by atoms with E-state index in [0.717, 1.165) is 11.9 Å². The van der Waals surface area contributed by atoms with Crippen LogP contribution in [-0.2, 0) is 14.3 Å². The Bertz CT molecular complexity index is 1000. The summed E-state index contributed by atoms with van der Waals surface area (Å²) in [4.78, 5) is 25.9. The molecule has 1 aromatic rings. The third kappa shape index (κ3) is 3.97. The van der Waals surface area contributed by atoms with Crippen LogP contribution in [0.25, 0.3) is 0 Å². The van der Waals surface area contributed by atoms with Gasteiger partial charge in [0.1, 0.15) is 18.0 Å². The molecule has 1 saturated heterocycles. The minimum absolute atomic E-state index is 0.163. The Kier molecular flexibility index (Phi) is 6.77. The van der Waals surface area contributed by atoms with E-state index in [1.807, 2.05) is 20.8 Å². The van der Waals surface area contributed by atoms with E-state index < -0.39 is 46.6 Å². The quantitative estimate of drug-likeness (QED) is 0.322. The zero-order valence-corrected chi connectivity index (χ0v) is 21.2. The molecule has 7 heteroatoms. The number of aliphatic hydroxyl groups is 3. The number of hydrogen-bond donors (Lipinski definition) is 3. The summed E-state index contributed by atoms with van der Waals surface area (Å²) < 4.78 is 11.9. The Hall–Kier alpha value is -2.06. The summed E-state index contributed by atoms with van der Waals surface area (Å²) >= 11 is 0. The molecule has 0 bridgehead atoms. The lowest BCUT2D eigenvalue weighted by atomic mass is 9.50. The Morgan fingerprint density at radius 3 is 2.43 bits per heavy atom. The summed E-state index contributed by atoms with van der Waals surface area (Å²) in [7, 11) is 0. The van der Waals surface area contributed by atoms with Crippen LogP contribution in [0.15, 0.2) is 41.5 Å². The molecular weight excluding hydrogens is 448 g/mol. The van der Waals surface area contributed by atoms with E-state index in [4.69, 9.17) is 9.47 Å². The molecular formula is C28H38O7. The molecule has 0 aromatic heterocycles. The highest BCUT2D eigenvalue weighted by atomic mass is 16.6. The van der Waals surface area contributed by atoms with Crippen LogP contribution in [0.1, 0.15) is 64.2 Å². The number of hydrogen-bond acceptors (Lipinski definition) is 7. The largest absolute Gasteiger partial charge is 0.455 e. The summed E-state index contributed by atoms with van der Waals surface area (Å²) in [6.07, 6.45) is -1.35. The fourth-order valence-electron chi connectivity index (χ4n) is 6.98. The van der Waals surface area contributed by atoms with Crippen LogP contribution in [0, 0.1) is 22.7 Å². The molecule has 0 radical (unpaired) electrons. The van der Waals surface area contributed by atoms with Crippen LogP contribution in [0.4, 0.5) is 0 Å². The number of carbonyl (C=O) groups is 2. The van der Waals surface area contributed by atoms with Crippen LogP contribution in [0.5, 0.6) is 0 Å². The average molecular weight is 487 g/mol. The number of allylic oxidation sites excluding steroid dienone is 1. The number of carbonyl (C=O) groups excluding carboxylic acids is 2. The maximum Gasteiger partial charge on any atom is 0.338 e. The summed E-state index contributed by atoms with van der Waals surface area (Å²) in [5, 5.41) is 34.2. The van der Waals surface area contributed by atoms with Gasteiger partial charge in [0.25, 0.3) is 0 Å². The third-order valence-corrected chi connectivity index (χ3v) is 9.14. The molecule has 35 heavy (non-hydrogen) atoms. The van der Waals surface area contributed by atoms with Gasteiger partial charge in [-0.2, -0.15) is 0 Å². The first-order valence-corrected chi connectivity index (χ1v) is 12.5. The average Bonchev–Trinajstić information content (AvgIpc) is 2.80. The van der Waals surface area contributed by atoms with E-state index in [2.05, 4.69) is 0 Å². The van der Waals surface area contributed by atoms with Gasteiger partial charge < -0.3 is 29.6 Å². The van der Waals surface area contributed by atoms with Gasteiger partial charge in [-0.3, -0.25) is 0 Å². The predicted octanol–water partition coefficient (Wildman–Crippen LogP) is 3.06. The molecule has 3 N–H and O–H groups in total. The zero-order chi connectivity index (χ0) is 25.8. The first-order chi connectivity index (χ1) is 16.4. The molecule has 0 amide bonds. The molecule has 2 aliphatic carbocycles. The maximum atomic E-state index is 13.4. The van der Waals surface area contributed by atoms with Crippen molar-refractivity contribution in [1.29, 1.82) is 0 Å². The predicted molar refractivity (Wildman–Crippen MR) is 130 cm³/mol. The van der Waals surface area contributed by atoms with E-state index in [0.29, 0.717) is 30.6 Å². The van der Waals surface area contributed by atoms with Crippen LogP contribution in [0.2, 0.25) is 0 Å². The van der Waals surface area contributed by atoms with Crippen LogP contribution in [0.3, 0.4) is 0 Å². The van der Waals surface area contributed by atoms with Crippen molar-refractivity contribution >= 4 is 12.3 Å². The fraction of sp³-hybridized carbons (Fsp3) is 0.643. The highest BCUT2D eigenvalue weighted by molar-refractivity contribution is 5.89. The van der Waals surface area contributed by atoms with Crippen LogP contribution < -0.4 is 0 Å². The monoisotopic (exact) mass is 486 g/mol. The van der Waals surface area contributed by atoms with Crippen molar-refractivity contribution in [2.24, 2.45) is 22.7 Å². The van der Waals surface area contributed by atoms with Gasteiger partial charge in [0.05, 0.1) is 35.9 Å². The number of rotatable bonds is 6. The normalized spacial score (nSPS) is 38.1. The fourth-order valence-corrected chi connectivity index (χ4v) is 6.98. The van der Waals surface area contributed by atoms with Crippen molar-refractivity contribution in [3.05, 3.63) is 47.0 Å². The van der Waals surface area contributed by atoms with Crippen LogP contribution >= 0.6 is 0 Å². The molecule has 1 aromatic carbocycles. The minimum atomic E-state index is -1.60. The zero-order valence-electron chi connectivity index (χ0n) is 21.2. The molecule has 192 valence electrons. The minimum Gasteiger partial charge on any atom is -0.455 e. The smallest absolute Gasteiger partial charge is 0.338 e. The molecule has 3 unspecified atom stereocenters. The standard InChI is InChI=1S/C28H38O7/c1-16-11-12-28(33,26(3,4)22(16)17(2)30)24(35-25(32)18-9-7-6-8-10-18)23-19-14-34-20(19)13-21(31)27(23,5)15-29/h6-10,15,17,19-21,23-24,30-31,33H,11-14H2,1-5H3/t17-,19?,20?,21-,23?,24-,27+,28+/m0/s1. The summed E-state index contributed by atoms with van der Waals surface area (Å²) in [5.41, 5.74) is -1.79. The molecule has 1 saturated carbocycles. The van der Waals surface area contributed by atoms with Gasteiger partial charge in [-0.25, -0.2) is 4.79 Å². The van der Waals surface area contributed by atoms with Crippen LogP contribution in [-0.4, -0.2) is 64.2 Å². The van der Waals surface area contributed by atoms with Crippen molar-refractivity contribution in [1.82, 2.24) is 0 Å². The number of aliphatic hydroxyl groups excluding tert-OH is 2. The van der Waals surface area contributed by atoms with Crippen molar-refractivity contribution < 1.29 is 34.4 Å². The molecule has 0 spiro atoms. The topological polar surface area (TPSA) is 113 Å². The van der Waals surface area contributed by atoms with Gasteiger partial charge in [0.2, 0.25) is 0 Å². The van der Waals surface area contributed by atoms with Gasteiger partial charge in [0.15, 0.2) is 0 Å². The molecule has 2 fully saturated rings. The first kappa shape index (κ1) is 26.0. The first-order valence-electron chi connectivity index (χ1n) is 12.5. The second-order valence-corrected chi connectivity index (χ2v) is 11.4. The number of benzene rings is 1. The molecule has 7 nitrogen and oxygen atoms in total. The lowest BCUT2D eigenvalue weighted by molar-refractivity contribution is -0.266. The molecule has 1 heterocycles. The summed E-state index contributed by atoms with van der Waals surface area (Å²) in [6.45, 7) is 9.38. The highest BCUT2D eigenvalue weighted by Gasteiger charge is 2.66. The SMILES string of the molecule is CC1=C([C@H](C)O)C(C)(C)[C@](O)([C@@H](OC(=O)c2ccccc2)C2C3COC3C[C@H](O)[C@@]2(C)C=O)CC1. The van der Waals surface area contributed by atoms with E-state index in [1.165, 1.54) is 0 Å². The van der Waals surface area contributed by atoms with Crippen molar-refractivity contribution in [2.45, 2.75) is 83.9 Å². The Morgan fingerprint density at radius 2 is 1.89 bits per heavy atom. The number of aldehydes is 1. The molecule has 8 atom stereocenters. The Morgan fingerprint density at radius 1 is 1.23 bits per heavy atom. The van der Waals surface area contributed by atoms with Gasteiger partial charge in [-0.05, 0) is 51.3 Å². The number of esters is 1. The van der Waals surface area contributed by atoms with E-state index in [1.54, 1.807) is 44.2 Å². The summed E-state index contributed by atoms with van der Waals surface area (Å²) in [5.74, 6) is -1.44. The number of fused-ring (bicyclic) bond motifs is 1. The lowest BCUT2D eigenvalue weighted by Crippen LogP contribution is -2.70. The second-order valence-electron chi connectivity index (χ2n) is 11.4. The molecule has 1 aliphatic heterocycles. The molecule has 3 aliphatic rings. The van der Waals surface area contributed by atoms with E-state index in [-0.39, 0.29) is 18.4 Å². The highest BCUT2D eigenvalue weighted by Crippen LogP contribution is 2.58. The second kappa shape index (κ2) is 9.11.